The zero-order chi connectivity index (χ0) is 17.7. The molecule has 2 rings (SSSR count). The van der Waals surface area contributed by atoms with E-state index >= 15 is 0 Å². The van der Waals surface area contributed by atoms with Crippen molar-refractivity contribution in [3.63, 3.8) is 0 Å². The molecule has 1 aliphatic carbocycles. The molecule has 0 saturated carbocycles. The Balaban J connectivity index is 2.00. The van der Waals surface area contributed by atoms with Crippen molar-refractivity contribution in [3.8, 4) is 6.07 Å². The number of carbonyl (C=O) groups excluding carboxylic acids is 1. The molecule has 0 spiro atoms. The van der Waals surface area contributed by atoms with Gasteiger partial charge in [0.25, 0.3) is 0 Å². The van der Waals surface area contributed by atoms with Gasteiger partial charge in [0, 0.05) is 18.0 Å². The van der Waals surface area contributed by atoms with E-state index in [0.717, 1.165) is 42.2 Å². The highest BCUT2D eigenvalue weighted by molar-refractivity contribution is 8.23. The summed E-state index contributed by atoms with van der Waals surface area (Å²) in [5.74, 6) is 0.824. The number of nitriles is 1. The van der Waals surface area contributed by atoms with E-state index in [1.54, 1.807) is 11.3 Å². The van der Waals surface area contributed by atoms with E-state index in [0.29, 0.717) is 16.5 Å². The average molecular weight is 382 g/mol. The number of thiophene rings is 1. The molecule has 1 amide bonds. The molecule has 0 aromatic carbocycles. The first kappa shape index (κ1) is 19.2. The molecule has 4 nitrogen and oxygen atoms in total. The second-order valence-electron chi connectivity index (χ2n) is 5.94. The maximum absolute atomic E-state index is 12.2. The van der Waals surface area contributed by atoms with Crippen molar-refractivity contribution < 1.29 is 4.79 Å². The lowest BCUT2D eigenvalue weighted by Gasteiger charge is -2.20. The zero-order valence-corrected chi connectivity index (χ0v) is 16.8. The van der Waals surface area contributed by atoms with E-state index in [2.05, 4.69) is 23.2 Å². The van der Waals surface area contributed by atoms with Gasteiger partial charge >= 0.3 is 0 Å². The highest BCUT2D eigenvalue weighted by Crippen LogP contribution is 2.39. The Morgan fingerprint density at radius 1 is 1.50 bits per heavy atom. The molecule has 24 heavy (non-hydrogen) atoms. The summed E-state index contributed by atoms with van der Waals surface area (Å²) >= 11 is 8.29. The zero-order valence-electron chi connectivity index (χ0n) is 14.3. The summed E-state index contributed by atoms with van der Waals surface area (Å²) < 4.78 is 0.745. The number of hydrogen-bond donors (Lipinski definition) is 1. The number of fused-ring (bicyclic) bond motifs is 1. The summed E-state index contributed by atoms with van der Waals surface area (Å²) in [4.78, 5) is 15.6. The minimum atomic E-state index is -0.0994. The van der Waals surface area contributed by atoms with Gasteiger partial charge in [0.2, 0.25) is 5.91 Å². The van der Waals surface area contributed by atoms with E-state index < -0.39 is 0 Å². The first-order valence-electron chi connectivity index (χ1n) is 8.26. The fourth-order valence-corrected chi connectivity index (χ4v) is 5.40. The van der Waals surface area contributed by atoms with Gasteiger partial charge in [-0.3, -0.25) is 4.79 Å². The summed E-state index contributed by atoms with van der Waals surface area (Å²) in [6.45, 7) is 8.02. The monoisotopic (exact) mass is 381 g/mol. The van der Waals surface area contributed by atoms with Crippen molar-refractivity contribution in [2.45, 2.75) is 40.0 Å². The third kappa shape index (κ3) is 4.50. The van der Waals surface area contributed by atoms with E-state index in [1.807, 2.05) is 13.8 Å². The number of rotatable bonds is 5. The lowest BCUT2D eigenvalue weighted by atomic mass is 9.89. The molecule has 1 N–H and O–H groups in total. The van der Waals surface area contributed by atoms with Gasteiger partial charge in [-0.25, -0.2) is 0 Å². The van der Waals surface area contributed by atoms with Gasteiger partial charge in [-0.15, -0.1) is 11.3 Å². The molecule has 1 aliphatic rings. The van der Waals surface area contributed by atoms with Crippen LogP contribution in [0.1, 0.15) is 43.2 Å². The summed E-state index contributed by atoms with van der Waals surface area (Å²) in [5.41, 5.74) is 1.80. The van der Waals surface area contributed by atoms with E-state index in [-0.39, 0.29) is 11.7 Å². The van der Waals surface area contributed by atoms with Crippen LogP contribution in [0.4, 0.5) is 5.00 Å². The number of nitrogens with zero attached hydrogens (tertiary/aromatic N) is 2. The van der Waals surface area contributed by atoms with Crippen molar-refractivity contribution in [2.75, 3.05) is 24.2 Å². The molecule has 1 aromatic heterocycles. The number of hydrogen-bond acceptors (Lipinski definition) is 5. The van der Waals surface area contributed by atoms with Crippen molar-refractivity contribution in [3.05, 3.63) is 16.0 Å². The van der Waals surface area contributed by atoms with Crippen LogP contribution in [0.3, 0.4) is 0 Å². The van der Waals surface area contributed by atoms with Gasteiger partial charge in [0.1, 0.15) is 15.4 Å². The van der Waals surface area contributed by atoms with Crippen LogP contribution >= 0.6 is 35.3 Å². The molecule has 1 aromatic rings. The third-order valence-electron chi connectivity index (χ3n) is 4.22. The number of thiocarbonyl (C=S) groups is 1. The summed E-state index contributed by atoms with van der Waals surface area (Å²) in [6, 6.07) is 2.28. The SMILES string of the molecule is CCN(CC)C(=S)SCC(=O)Nc1sc2c(c1C#N)CC[C@@H](C)C2. The van der Waals surface area contributed by atoms with E-state index in [4.69, 9.17) is 12.2 Å². The van der Waals surface area contributed by atoms with E-state index in [1.165, 1.54) is 16.6 Å². The van der Waals surface area contributed by atoms with Crippen molar-refractivity contribution in [2.24, 2.45) is 5.92 Å². The molecule has 7 heteroatoms. The molecular weight excluding hydrogens is 358 g/mol. The first-order chi connectivity index (χ1) is 11.5. The number of nitrogens with one attached hydrogen (secondary N) is 1. The number of thioether (sulfide) groups is 1. The Kier molecular flexibility index (Phi) is 7.08. The van der Waals surface area contributed by atoms with Gasteiger partial charge < -0.3 is 10.2 Å². The number of carbonyl (C=O) groups is 1. The van der Waals surface area contributed by atoms with Gasteiger partial charge in [0.05, 0.1) is 11.3 Å². The fraction of sp³-hybridized carbons (Fsp3) is 0.588. The van der Waals surface area contributed by atoms with Gasteiger partial charge in [-0.1, -0.05) is 30.9 Å². The highest BCUT2D eigenvalue weighted by Gasteiger charge is 2.24. The maximum Gasteiger partial charge on any atom is 0.235 e. The highest BCUT2D eigenvalue weighted by atomic mass is 32.2. The predicted octanol–water partition coefficient (Wildman–Crippen LogP) is 4.04. The molecule has 0 saturated heterocycles. The predicted molar refractivity (Wildman–Crippen MR) is 107 cm³/mol. The van der Waals surface area contributed by atoms with Crippen molar-refractivity contribution in [1.82, 2.24) is 4.90 Å². The Labute approximate surface area is 157 Å². The number of anilines is 1. The van der Waals surface area contributed by atoms with Crippen LogP contribution in [0.25, 0.3) is 0 Å². The average Bonchev–Trinajstić information content (AvgIpc) is 2.89. The van der Waals surface area contributed by atoms with Crippen molar-refractivity contribution in [1.29, 1.82) is 5.26 Å². The van der Waals surface area contributed by atoms with Crippen molar-refractivity contribution >= 4 is 50.5 Å². The summed E-state index contributed by atoms with van der Waals surface area (Å²) in [5, 5.41) is 13.1. The van der Waals surface area contributed by atoms with Gasteiger partial charge in [-0.05, 0) is 44.6 Å². The molecule has 0 bridgehead atoms. The normalized spacial score (nSPS) is 16.2. The maximum atomic E-state index is 12.2. The lowest BCUT2D eigenvalue weighted by Crippen LogP contribution is -2.28. The first-order valence-corrected chi connectivity index (χ1v) is 10.5. The molecular formula is C17H23N3OS3. The largest absolute Gasteiger partial charge is 0.358 e. The fourth-order valence-electron chi connectivity index (χ4n) is 2.82. The van der Waals surface area contributed by atoms with Crippen LogP contribution in [-0.2, 0) is 17.6 Å². The quantitative estimate of drug-likeness (QED) is 0.780. The third-order valence-corrected chi connectivity index (χ3v) is 6.92. The molecule has 130 valence electrons. The standard InChI is InChI=1S/C17H23N3OS3/c1-4-20(5-2)17(22)23-10-15(21)19-16-13(9-18)12-7-6-11(3)8-14(12)24-16/h11H,4-8,10H2,1-3H3,(H,19,21)/t11-/m1/s1. The van der Waals surface area contributed by atoms with Crippen LogP contribution < -0.4 is 5.32 Å². The van der Waals surface area contributed by atoms with Crippen LogP contribution in [0, 0.1) is 17.2 Å². The number of amides is 1. The van der Waals surface area contributed by atoms with Crippen LogP contribution in [0.2, 0.25) is 0 Å². The minimum Gasteiger partial charge on any atom is -0.358 e. The lowest BCUT2D eigenvalue weighted by molar-refractivity contribution is -0.113. The van der Waals surface area contributed by atoms with E-state index in [9.17, 15) is 10.1 Å². The minimum absolute atomic E-state index is 0.0994. The Morgan fingerprint density at radius 2 is 2.21 bits per heavy atom. The molecule has 0 aliphatic heterocycles. The van der Waals surface area contributed by atoms with Gasteiger partial charge in [0.15, 0.2) is 0 Å². The molecule has 0 radical (unpaired) electrons. The second kappa shape index (κ2) is 8.84. The van der Waals surface area contributed by atoms with Crippen LogP contribution in [0.5, 0.6) is 0 Å². The summed E-state index contributed by atoms with van der Waals surface area (Å²) in [6.07, 6.45) is 3.05. The molecule has 0 unspecified atom stereocenters. The molecule has 1 atom stereocenters. The Hall–Kier alpha value is -1.10. The van der Waals surface area contributed by atoms with Crippen LogP contribution in [-0.4, -0.2) is 34.0 Å². The van der Waals surface area contributed by atoms with Gasteiger partial charge in [-0.2, -0.15) is 5.26 Å². The Bertz CT molecular complexity index is 659. The Morgan fingerprint density at radius 3 is 2.83 bits per heavy atom. The smallest absolute Gasteiger partial charge is 0.235 e. The van der Waals surface area contributed by atoms with Crippen LogP contribution in [0.15, 0.2) is 0 Å². The molecule has 1 heterocycles. The topological polar surface area (TPSA) is 56.1 Å². The molecule has 0 fully saturated rings. The summed E-state index contributed by atoms with van der Waals surface area (Å²) in [7, 11) is 0. The second-order valence-corrected chi connectivity index (χ2v) is 8.66.